The molecule has 0 bridgehead atoms. The lowest BCUT2D eigenvalue weighted by atomic mass is 9.82. The van der Waals surface area contributed by atoms with Gasteiger partial charge in [0.05, 0.1) is 12.8 Å². The summed E-state index contributed by atoms with van der Waals surface area (Å²) in [5, 5.41) is 8.62. The van der Waals surface area contributed by atoms with Gasteiger partial charge < -0.3 is 9.84 Å². The Bertz CT molecular complexity index is 642. The minimum atomic E-state index is -4.34. The van der Waals surface area contributed by atoms with Gasteiger partial charge >= 0.3 is 18.1 Å². The molecule has 1 N–H and O–H groups in total. The topological polar surface area (TPSA) is 63.6 Å². The highest BCUT2D eigenvalue weighted by atomic mass is 19.4. The summed E-state index contributed by atoms with van der Waals surface area (Å²) in [4.78, 5) is 22.0. The first-order chi connectivity index (χ1) is 12.2. The summed E-state index contributed by atoms with van der Waals surface area (Å²) in [7, 11) is 0. The Morgan fingerprint density at radius 3 is 2.27 bits per heavy atom. The number of rotatable bonds is 6. The summed E-state index contributed by atoms with van der Waals surface area (Å²) in [5.41, 5.74) is 1.92. The van der Waals surface area contributed by atoms with E-state index in [1.807, 2.05) is 24.3 Å². The van der Waals surface area contributed by atoms with Crippen LogP contribution in [0.1, 0.15) is 55.6 Å². The number of aliphatic carboxylic acids is 1. The number of carbonyl (C=O) groups excluding carboxylic acids is 1. The van der Waals surface area contributed by atoms with Crippen molar-refractivity contribution in [1.29, 1.82) is 0 Å². The van der Waals surface area contributed by atoms with Crippen LogP contribution in [0.3, 0.4) is 0 Å². The standard InChI is InChI=1S/C19H21F3O4/c20-19(21,22)12-11-18(25)26-16-8-6-15(7-9-16)14-4-1-13(2-5-14)3-10-17(23)24/h1-5,10,15-16H,6-9,11-12H2,(H,23,24)/b10-3+. The number of hydrogen-bond donors (Lipinski definition) is 1. The Hall–Kier alpha value is -2.31. The van der Waals surface area contributed by atoms with Gasteiger partial charge in [0.25, 0.3) is 0 Å². The first kappa shape index (κ1) is 20.0. The zero-order valence-corrected chi connectivity index (χ0v) is 14.2. The zero-order chi connectivity index (χ0) is 19.2. The summed E-state index contributed by atoms with van der Waals surface area (Å²) in [6.45, 7) is 0. The number of carboxylic acids is 1. The molecule has 7 heteroatoms. The lowest BCUT2D eigenvalue weighted by Crippen LogP contribution is -2.24. The normalized spacial score (nSPS) is 20.9. The Balaban J connectivity index is 1.79. The highest BCUT2D eigenvalue weighted by molar-refractivity contribution is 5.85. The highest BCUT2D eigenvalue weighted by Gasteiger charge is 2.30. The Morgan fingerprint density at radius 1 is 1.12 bits per heavy atom. The summed E-state index contributed by atoms with van der Waals surface area (Å²) < 4.78 is 41.5. The Kier molecular flexibility index (Phi) is 6.83. The lowest BCUT2D eigenvalue weighted by molar-refractivity contribution is -0.162. The molecule has 0 spiro atoms. The molecular weight excluding hydrogens is 349 g/mol. The van der Waals surface area contributed by atoms with Gasteiger partial charge in [-0.1, -0.05) is 24.3 Å². The maximum absolute atomic E-state index is 12.1. The maximum Gasteiger partial charge on any atom is 0.389 e. The van der Waals surface area contributed by atoms with E-state index in [0.717, 1.165) is 30.0 Å². The Labute approximate surface area is 149 Å². The first-order valence-corrected chi connectivity index (χ1v) is 8.50. The predicted molar refractivity (Wildman–Crippen MR) is 89.5 cm³/mol. The van der Waals surface area contributed by atoms with E-state index in [2.05, 4.69) is 0 Å². The fourth-order valence-electron chi connectivity index (χ4n) is 3.05. The molecule has 2 rings (SSSR count). The molecule has 0 atom stereocenters. The smallest absolute Gasteiger partial charge is 0.389 e. The van der Waals surface area contributed by atoms with Crippen LogP contribution < -0.4 is 0 Å². The third-order valence-corrected chi connectivity index (χ3v) is 4.41. The Morgan fingerprint density at radius 2 is 1.73 bits per heavy atom. The SMILES string of the molecule is O=C(O)/C=C/c1ccc(C2CCC(OC(=O)CCC(F)(F)F)CC2)cc1. The lowest BCUT2D eigenvalue weighted by Gasteiger charge is -2.28. The number of ether oxygens (including phenoxy) is 1. The van der Waals surface area contributed by atoms with Gasteiger partial charge in [-0.15, -0.1) is 0 Å². The first-order valence-electron chi connectivity index (χ1n) is 8.50. The molecule has 1 aromatic rings. The second-order valence-corrected chi connectivity index (χ2v) is 6.42. The van der Waals surface area contributed by atoms with Crippen molar-refractivity contribution in [2.75, 3.05) is 0 Å². The largest absolute Gasteiger partial charge is 0.478 e. The molecule has 0 aromatic heterocycles. The van der Waals surface area contributed by atoms with E-state index in [4.69, 9.17) is 9.84 Å². The van der Waals surface area contributed by atoms with E-state index < -0.39 is 31.0 Å². The van der Waals surface area contributed by atoms with Gasteiger partial charge in [-0.25, -0.2) is 4.79 Å². The summed E-state index contributed by atoms with van der Waals surface area (Å²) >= 11 is 0. The monoisotopic (exact) mass is 370 g/mol. The summed E-state index contributed by atoms with van der Waals surface area (Å²) in [6.07, 6.45) is -1.00. The summed E-state index contributed by atoms with van der Waals surface area (Å²) in [5.74, 6) is -1.49. The molecule has 0 aliphatic heterocycles. The van der Waals surface area contributed by atoms with Gasteiger partial charge in [0, 0.05) is 6.08 Å². The average molecular weight is 370 g/mol. The van der Waals surface area contributed by atoms with E-state index in [0.29, 0.717) is 18.8 Å². The number of carboxylic acid groups (broad SMARTS) is 1. The van der Waals surface area contributed by atoms with Gasteiger partial charge in [-0.05, 0) is 48.8 Å². The molecule has 0 unspecified atom stereocenters. The van der Waals surface area contributed by atoms with Crippen LogP contribution in [0.2, 0.25) is 0 Å². The van der Waals surface area contributed by atoms with Crippen LogP contribution in [0.15, 0.2) is 30.3 Å². The van der Waals surface area contributed by atoms with E-state index in [1.54, 1.807) is 0 Å². The van der Waals surface area contributed by atoms with Crippen molar-refractivity contribution in [3.8, 4) is 0 Å². The van der Waals surface area contributed by atoms with Gasteiger partial charge in [-0.3, -0.25) is 4.79 Å². The van der Waals surface area contributed by atoms with Crippen LogP contribution >= 0.6 is 0 Å². The van der Waals surface area contributed by atoms with Gasteiger partial charge in [0.1, 0.15) is 6.10 Å². The molecule has 0 saturated heterocycles. The molecular formula is C19H21F3O4. The van der Waals surface area contributed by atoms with Crippen molar-refractivity contribution < 1.29 is 32.6 Å². The summed E-state index contributed by atoms with van der Waals surface area (Å²) in [6, 6.07) is 7.58. The van der Waals surface area contributed by atoms with E-state index in [1.165, 1.54) is 6.08 Å². The van der Waals surface area contributed by atoms with Gasteiger partial charge in [0.15, 0.2) is 0 Å². The van der Waals surface area contributed by atoms with E-state index in [9.17, 15) is 22.8 Å². The molecule has 1 aliphatic carbocycles. The predicted octanol–water partition coefficient (Wildman–Crippen LogP) is 4.70. The zero-order valence-electron chi connectivity index (χ0n) is 14.2. The third-order valence-electron chi connectivity index (χ3n) is 4.41. The quantitative estimate of drug-likeness (QED) is 0.583. The number of carbonyl (C=O) groups is 2. The molecule has 0 amide bonds. The number of hydrogen-bond acceptors (Lipinski definition) is 3. The molecule has 1 saturated carbocycles. The molecule has 4 nitrogen and oxygen atoms in total. The molecule has 142 valence electrons. The van der Waals surface area contributed by atoms with Crippen LogP contribution in [-0.4, -0.2) is 29.3 Å². The number of benzene rings is 1. The molecule has 0 heterocycles. The molecule has 1 aromatic carbocycles. The highest BCUT2D eigenvalue weighted by Crippen LogP contribution is 2.34. The second-order valence-electron chi connectivity index (χ2n) is 6.42. The second kappa shape index (κ2) is 8.87. The molecule has 26 heavy (non-hydrogen) atoms. The number of alkyl halides is 3. The minimum absolute atomic E-state index is 0.303. The van der Waals surface area contributed by atoms with E-state index >= 15 is 0 Å². The van der Waals surface area contributed by atoms with E-state index in [-0.39, 0.29) is 6.10 Å². The van der Waals surface area contributed by atoms with Gasteiger partial charge in [0.2, 0.25) is 0 Å². The fraction of sp³-hybridized carbons (Fsp3) is 0.474. The van der Waals surface area contributed by atoms with Crippen molar-refractivity contribution in [3.63, 3.8) is 0 Å². The molecule has 1 aliphatic rings. The van der Waals surface area contributed by atoms with Crippen LogP contribution in [0.25, 0.3) is 6.08 Å². The number of halogens is 3. The molecule has 0 radical (unpaired) electrons. The van der Waals surface area contributed by atoms with Crippen molar-refractivity contribution in [1.82, 2.24) is 0 Å². The minimum Gasteiger partial charge on any atom is -0.478 e. The maximum atomic E-state index is 12.1. The van der Waals surface area contributed by atoms with Crippen molar-refractivity contribution in [2.24, 2.45) is 0 Å². The number of esters is 1. The van der Waals surface area contributed by atoms with Crippen LogP contribution in [0, 0.1) is 0 Å². The van der Waals surface area contributed by atoms with Crippen molar-refractivity contribution in [2.45, 2.75) is 56.7 Å². The fourth-order valence-corrected chi connectivity index (χ4v) is 3.05. The third kappa shape index (κ3) is 6.90. The van der Waals surface area contributed by atoms with Crippen molar-refractivity contribution >= 4 is 18.0 Å². The van der Waals surface area contributed by atoms with Crippen LogP contribution in [0.4, 0.5) is 13.2 Å². The van der Waals surface area contributed by atoms with Crippen molar-refractivity contribution in [3.05, 3.63) is 41.5 Å². The molecule has 1 fully saturated rings. The van der Waals surface area contributed by atoms with Gasteiger partial charge in [-0.2, -0.15) is 13.2 Å². The average Bonchev–Trinajstić information content (AvgIpc) is 2.59. The van der Waals surface area contributed by atoms with Crippen LogP contribution in [-0.2, 0) is 14.3 Å². The van der Waals surface area contributed by atoms with Crippen LogP contribution in [0.5, 0.6) is 0 Å².